The first-order valence-electron chi connectivity index (χ1n) is 8.24. The minimum atomic E-state index is 0.190. The van der Waals surface area contributed by atoms with Gasteiger partial charge in [-0.3, -0.25) is 4.79 Å². The predicted molar refractivity (Wildman–Crippen MR) is 96.4 cm³/mol. The van der Waals surface area contributed by atoms with E-state index in [2.05, 4.69) is 11.9 Å². The second-order valence-corrected chi connectivity index (χ2v) is 7.22. The lowest BCUT2D eigenvalue weighted by atomic mass is 10.1. The van der Waals surface area contributed by atoms with E-state index in [4.69, 9.17) is 10.2 Å². The molecule has 2 N–H and O–H groups in total. The van der Waals surface area contributed by atoms with Crippen molar-refractivity contribution in [2.45, 2.75) is 25.1 Å². The lowest BCUT2D eigenvalue weighted by Crippen LogP contribution is -2.35. The molecular formula is C18H23N3O2S. The highest BCUT2D eigenvalue weighted by molar-refractivity contribution is 7.99. The Morgan fingerprint density at radius 1 is 1.42 bits per heavy atom. The fraction of sp³-hybridized carbons (Fsp3) is 0.444. The number of aromatic nitrogens is 1. The van der Waals surface area contributed by atoms with E-state index in [1.54, 1.807) is 18.0 Å². The van der Waals surface area contributed by atoms with Gasteiger partial charge in [0.25, 0.3) is 0 Å². The van der Waals surface area contributed by atoms with Gasteiger partial charge in [0, 0.05) is 23.9 Å². The molecule has 2 heterocycles. The van der Waals surface area contributed by atoms with Gasteiger partial charge in [-0.05, 0) is 37.9 Å². The zero-order valence-electron chi connectivity index (χ0n) is 13.9. The first-order chi connectivity index (χ1) is 11.7. The Balaban J connectivity index is 1.48. The van der Waals surface area contributed by atoms with Gasteiger partial charge in [0.05, 0.1) is 11.4 Å². The summed E-state index contributed by atoms with van der Waals surface area (Å²) in [6, 6.07) is 10.1. The topological polar surface area (TPSA) is 72.4 Å². The molecule has 1 aromatic carbocycles. The molecule has 0 aliphatic carbocycles. The number of amides is 1. The third kappa shape index (κ3) is 3.99. The van der Waals surface area contributed by atoms with E-state index in [0.29, 0.717) is 35.9 Å². The number of carbonyl (C=O) groups excluding carboxylic acids is 1. The molecule has 1 aliphatic rings. The zero-order chi connectivity index (χ0) is 16.9. The molecule has 0 bridgehead atoms. The summed E-state index contributed by atoms with van der Waals surface area (Å²) in [5.74, 6) is 2.39. The fourth-order valence-corrected chi connectivity index (χ4v) is 3.86. The summed E-state index contributed by atoms with van der Waals surface area (Å²) in [5.41, 5.74) is 7.55. The Labute approximate surface area is 146 Å². The van der Waals surface area contributed by atoms with Crippen molar-refractivity contribution < 1.29 is 9.21 Å². The summed E-state index contributed by atoms with van der Waals surface area (Å²) in [4.78, 5) is 18.8. The number of carbonyl (C=O) groups is 1. The molecule has 2 unspecified atom stereocenters. The largest absolute Gasteiger partial charge is 0.444 e. The van der Waals surface area contributed by atoms with Crippen LogP contribution in [-0.4, -0.2) is 40.7 Å². The van der Waals surface area contributed by atoms with Crippen LogP contribution in [0.25, 0.3) is 11.5 Å². The summed E-state index contributed by atoms with van der Waals surface area (Å²) in [7, 11) is 0. The standard InChI is InChI=1S/C18H23N3O2S/c1-13-7-14(8-19)9-21(13)17(22)12-24-11-16-10-23-18(20-16)15-5-3-2-4-6-15/h2-6,10,13-14H,7-9,11-12,19H2,1H3. The van der Waals surface area contributed by atoms with E-state index >= 15 is 0 Å². The van der Waals surface area contributed by atoms with Crippen LogP contribution in [0, 0.1) is 5.92 Å². The molecule has 6 heteroatoms. The summed E-state index contributed by atoms with van der Waals surface area (Å²) in [5, 5.41) is 0. The van der Waals surface area contributed by atoms with Gasteiger partial charge in [0.15, 0.2) is 0 Å². The van der Waals surface area contributed by atoms with E-state index in [1.165, 1.54) is 0 Å². The highest BCUT2D eigenvalue weighted by Gasteiger charge is 2.31. The van der Waals surface area contributed by atoms with Gasteiger partial charge in [-0.2, -0.15) is 0 Å². The minimum Gasteiger partial charge on any atom is -0.444 e. The number of benzene rings is 1. The Kier molecular flexibility index (Phi) is 5.58. The molecule has 1 amide bonds. The first kappa shape index (κ1) is 17.0. The van der Waals surface area contributed by atoms with Gasteiger partial charge in [-0.25, -0.2) is 4.98 Å². The zero-order valence-corrected chi connectivity index (χ0v) is 14.7. The van der Waals surface area contributed by atoms with E-state index < -0.39 is 0 Å². The van der Waals surface area contributed by atoms with Gasteiger partial charge in [-0.1, -0.05) is 18.2 Å². The highest BCUT2D eigenvalue weighted by Crippen LogP contribution is 2.24. The van der Waals surface area contributed by atoms with Crippen molar-refractivity contribution in [1.82, 2.24) is 9.88 Å². The maximum Gasteiger partial charge on any atom is 0.232 e. The van der Waals surface area contributed by atoms with E-state index in [-0.39, 0.29) is 5.91 Å². The molecule has 2 aromatic rings. The Hall–Kier alpha value is -1.79. The Bertz CT molecular complexity index is 674. The van der Waals surface area contributed by atoms with E-state index in [0.717, 1.165) is 24.2 Å². The normalized spacial score (nSPS) is 20.5. The molecule has 1 saturated heterocycles. The number of thioether (sulfide) groups is 1. The Morgan fingerprint density at radius 2 is 2.21 bits per heavy atom. The first-order valence-corrected chi connectivity index (χ1v) is 9.40. The molecule has 2 atom stereocenters. The lowest BCUT2D eigenvalue weighted by Gasteiger charge is -2.21. The SMILES string of the molecule is CC1CC(CN)CN1C(=O)CSCc1coc(-c2ccccc2)n1. The average Bonchev–Trinajstić information content (AvgIpc) is 3.22. The fourth-order valence-electron chi connectivity index (χ4n) is 3.07. The van der Waals surface area contributed by atoms with Crippen LogP contribution in [0.15, 0.2) is 41.0 Å². The smallest absolute Gasteiger partial charge is 0.232 e. The van der Waals surface area contributed by atoms with Gasteiger partial charge < -0.3 is 15.1 Å². The van der Waals surface area contributed by atoms with Crippen LogP contribution in [0.3, 0.4) is 0 Å². The second-order valence-electron chi connectivity index (χ2n) is 6.24. The van der Waals surface area contributed by atoms with Crippen molar-refractivity contribution in [2.75, 3.05) is 18.8 Å². The molecule has 128 valence electrons. The number of oxazole rings is 1. The number of nitrogens with two attached hydrogens (primary N) is 1. The molecule has 0 radical (unpaired) electrons. The van der Waals surface area contributed by atoms with E-state index in [9.17, 15) is 4.79 Å². The number of rotatable bonds is 6. The summed E-state index contributed by atoms with van der Waals surface area (Å²) in [6.07, 6.45) is 2.68. The number of hydrogen-bond acceptors (Lipinski definition) is 5. The van der Waals surface area contributed by atoms with Crippen LogP contribution in [0.5, 0.6) is 0 Å². The monoisotopic (exact) mass is 345 g/mol. The molecule has 5 nitrogen and oxygen atoms in total. The average molecular weight is 345 g/mol. The molecule has 1 aliphatic heterocycles. The van der Waals surface area contributed by atoms with Crippen LogP contribution in [-0.2, 0) is 10.5 Å². The molecule has 1 aromatic heterocycles. The van der Waals surface area contributed by atoms with Crippen molar-refractivity contribution in [1.29, 1.82) is 0 Å². The molecule has 1 fully saturated rings. The van der Waals surface area contributed by atoms with Gasteiger partial charge in [-0.15, -0.1) is 11.8 Å². The summed E-state index contributed by atoms with van der Waals surface area (Å²) < 4.78 is 5.52. The van der Waals surface area contributed by atoms with Gasteiger partial charge >= 0.3 is 0 Å². The van der Waals surface area contributed by atoms with Crippen molar-refractivity contribution in [2.24, 2.45) is 11.7 Å². The van der Waals surface area contributed by atoms with Crippen molar-refractivity contribution >= 4 is 17.7 Å². The van der Waals surface area contributed by atoms with Crippen LogP contribution in [0.4, 0.5) is 0 Å². The maximum atomic E-state index is 12.4. The number of likely N-dealkylation sites (tertiary alicyclic amines) is 1. The molecule has 0 saturated carbocycles. The van der Waals surface area contributed by atoms with Crippen molar-refractivity contribution in [3.8, 4) is 11.5 Å². The quantitative estimate of drug-likeness (QED) is 0.871. The van der Waals surface area contributed by atoms with Gasteiger partial charge in [0.2, 0.25) is 11.8 Å². The minimum absolute atomic E-state index is 0.190. The van der Waals surface area contributed by atoms with Crippen LogP contribution in [0.1, 0.15) is 19.0 Å². The number of hydrogen-bond donors (Lipinski definition) is 1. The van der Waals surface area contributed by atoms with Crippen LogP contribution in [0.2, 0.25) is 0 Å². The third-order valence-corrected chi connectivity index (χ3v) is 5.31. The summed E-state index contributed by atoms with van der Waals surface area (Å²) in [6.45, 7) is 3.55. The third-order valence-electron chi connectivity index (χ3n) is 4.36. The Morgan fingerprint density at radius 3 is 2.92 bits per heavy atom. The van der Waals surface area contributed by atoms with Crippen molar-refractivity contribution in [3.63, 3.8) is 0 Å². The van der Waals surface area contributed by atoms with Crippen LogP contribution < -0.4 is 5.73 Å². The predicted octanol–water partition coefficient (Wildman–Crippen LogP) is 2.77. The molecule has 0 spiro atoms. The highest BCUT2D eigenvalue weighted by atomic mass is 32.2. The van der Waals surface area contributed by atoms with E-state index in [1.807, 2.05) is 35.2 Å². The van der Waals surface area contributed by atoms with Crippen LogP contribution >= 0.6 is 11.8 Å². The molecular weight excluding hydrogens is 322 g/mol. The second kappa shape index (κ2) is 7.85. The maximum absolute atomic E-state index is 12.4. The number of nitrogens with zero attached hydrogens (tertiary/aromatic N) is 2. The van der Waals surface area contributed by atoms with Crippen molar-refractivity contribution in [3.05, 3.63) is 42.3 Å². The molecule has 24 heavy (non-hydrogen) atoms. The van der Waals surface area contributed by atoms with Gasteiger partial charge in [0.1, 0.15) is 6.26 Å². The lowest BCUT2D eigenvalue weighted by molar-refractivity contribution is -0.128. The molecule has 3 rings (SSSR count). The summed E-state index contributed by atoms with van der Waals surface area (Å²) >= 11 is 1.58.